The molecule has 0 amide bonds. The van der Waals surface area contributed by atoms with Crippen LogP contribution in [0.25, 0.3) is 0 Å². The van der Waals surface area contributed by atoms with Crippen LogP contribution in [0, 0.1) is 5.82 Å². The number of nitrogens with two attached hydrogens (primary N) is 1. The van der Waals surface area contributed by atoms with Gasteiger partial charge in [-0.1, -0.05) is 37.9 Å². The van der Waals surface area contributed by atoms with Gasteiger partial charge in [0.25, 0.3) is 0 Å². The van der Waals surface area contributed by atoms with E-state index in [2.05, 4.69) is 31.9 Å². The minimum Gasteiger partial charge on any atom is -0.494 e. The topological polar surface area (TPSA) is 35.2 Å². The molecule has 0 aliphatic heterocycles. The molecule has 2 nitrogen and oxygen atoms in total. The summed E-state index contributed by atoms with van der Waals surface area (Å²) in [5, 5.41) is 0. The molecule has 5 heteroatoms. The number of hydrogen-bond acceptors (Lipinski definition) is 2. The van der Waals surface area contributed by atoms with Crippen LogP contribution in [0.15, 0.2) is 45.3 Å². The van der Waals surface area contributed by atoms with Gasteiger partial charge in [0, 0.05) is 8.95 Å². The number of ether oxygens (including phenoxy) is 1. The third kappa shape index (κ3) is 3.59. The lowest BCUT2D eigenvalue weighted by molar-refractivity contribution is 0.340. The van der Waals surface area contributed by atoms with Crippen molar-refractivity contribution in [3.05, 3.63) is 62.3 Å². The van der Waals surface area contributed by atoms with Crippen molar-refractivity contribution in [2.24, 2.45) is 5.73 Å². The zero-order valence-electron chi connectivity index (χ0n) is 10.9. The smallest absolute Gasteiger partial charge is 0.124 e. The predicted octanol–water partition coefficient (Wildman–Crippen LogP) is 4.80. The zero-order valence-corrected chi connectivity index (χ0v) is 14.0. The van der Waals surface area contributed by atoms with Gasteiger partial charge in [-0.3, -0.25) is 0 Å². The molecule has 0 saturated carbocycles. The fraction of sp³-hybridized carbons (Fsp3) is 0.200. The molecule has 1 atom stereocenters. The Kier molecular flexibility index (Phi) is 5.18. The lowest BCUT2D eigenvalue weighted by Crippen LogP contribution is -2.13. The minimum atomic E-state index is -0.410. The Morgan fingerprint density at radius 3 is 2.55 bits per heavy atom. The van der Waals surface area contributed by atoms with Crippen LogP contribution in [-0.4, -0.2) is 6.61 Å². The van der Waals surface area contributed by atoms with Gasteiger partial charge in [-0.25, -0.2) is 4.39 Å². The molecule has 0 heterocycles. The number of rotatable bonds is 4. The fourth-order valence-electron chi connectivity index (χ4n) is 1.95. The molecule has 0 bridgehead atoms. The molecular weight excluding hydrogens is 389 g/mol. The second kappa shape index (κ2) is 6.70. The average Bonchev–Trinajstić information content (AvgIpc) is 2.37. The first-order valence-electron chi connectivity index (χ1n) is 6.15. The van der Waals surface area contributed by atoms with Crippen molar-refractivity contribution in [2.45, 2.75) is 13.0 Å². The first-order valence-corrected chi connectivity index (χ1v) is 7.73. The van der Waals surface area contributed by atoms with Crippen molar-refractivity contribution in [3.63, 3.8) is 0 Å². The van der Waals surface area contributed by atoms with Gasteiger partial charge < -0.3 is 10.5 Å². The van der Waals surface area contributed by atoms with Crippen molar-refractivity contribution in [2.75, 3.05) is 6.61 Å². The highest BCUT2D eigenvalue weighted by Crippen LogP contribution is 2.31. The van der Waals surface area contributed by atoms with E-state index >= 15 is 0 Å². The summed E-state index contributed by atoms with van der Waals surface area (Å²) in [5.41, 5.74) is 7.81. The highest BCUT2D eigenvalue weighted by atomic mass is 79.9. The normalized spacial score (nSPS) is 12.2. The molecule has 0 aliphatic rings. The molecule has 0 aliphatic carbocycles. The number of halogens is 3. The van der Waals surface area contributed by atoms with Crippen LogP contribution in [0.1, 0.15) is 24.1 Å². The summed E-state index contributed by atoms with van der Waals surface area (Å²) in [6.45, 7) is 2.53. The molecular formula is C15H14Br2FNO. The Morgan fingerprint density at radius 2 is 1.95 bits per heavy atom. The molecule has 106 valence electrons. The lowest BCUT2D eigenvalue weighted by Gasteiger charge is -2.16. The van der Waals surface area contributed by atoms with Crippen molar-refractivity contribution in [1.29, 1.82) is 0 Å². The molecule has 0 radical (unpaired) electrons. The molecule has 2 aromatic carbocycles. The molecule has 0 aromatic heterocycles. The van der Waals surface area contributed by atoms with E-state index in [9.17, 15) is 4.39 Å². The van der Waals surface area contributed by atoms with Crippen molar-refractivity contribution in [1.82, 2.24) is 0 Å². The summed E-state index contributed by atoms with van der Waals surface area (Å²) in [6, 6.07) is 9.87. The Labute approximate surface area is 134 Å². The second-order valence-corrected chi connectivity index (χ2v) is 6.07. The Bertz CT molecular complexity index is 599. The van der Waals surface area contributed by atoms with Crippen molar-refractivity contribution in [3.8, 4) is 5.75 Å². The Morgan fingerprint density at radius 1 is 1.20 bits per heavy atom. The molecule has 20 heavy (non-hydrogen) atoms. The van der Waals surface area contributed by atoms with E-state index in [-0.39, 0.29) is 5.82 Å². The molecule has 0 saturated heterocycles. The van der Waals surface area contributed by atoms with Gasteiger partial charge in [-0.05, 0) is 48.4 Å². The molecule has 0 spiro atoms. The minimum absolute atomic E-state index is 0.313. The van der Waals surface area contributed by atoms with Gasteiger partial charge in [0.05, 0.1) is 12.6 Å². The maximum atomic E-state index is 13.5. The van der Waals surface area contributed by atoms with Crippen LogP contribution < -0.4 is 10.5 Å². The van der Waals surface area contributed by atoms with Gasteiger partial charge in [0.15, 0.2) is 0 Å². The van der Waals surface area contributed by atoms with Crippen LogP contribution in [0.4, 0.5) is 4.39 Å². The molecule has 2 N–H and O–H groups in total. The van der Waals surface area contributed by atoms with E-state index in [1.807, 2.05) is 31.2 Å². The predicted molar refractivity (Wildman–Crippen MR) is 85.4 cm³/mol. The molecule has 0 fully saturated rings. The highest BCUT2D eigenvalue weighted by molar-refractivity contribution is 9.10. The maximum absolute atomic E-state index is 13.5. The molecule has 1 unspecified atom stereocenters. The van der Waals surface area contributed by atoms with Gasteiger partial charge in [-0.2, -0.15) is 0 Å². The third-order valence-corrected chi connectivity index (χ3v) is 4.01. The number of benzene rings is 2. The van der Waals surface area contributed by atoms with E-state index < -0.39 is 6.04 Å². The quantitative estimate of drug-likeness (QED) is 0.797. The van der Waals surface area contributed by atoms with E-state index in [1.54, 1.807) is 0 Å². The van der Waals surface area contributed by atoms with Crippen molar-refractivity contribution < 1.29 is 9.13 Å². The fourth-order valence-corrected chi connectivity index (χ4v) is 3.04. The van der Waals surface area contributed by atoms with Crippen LogP contribution >= 0.6 is 31.9 Å². The summed E-state index contributed by atoms with van der Waals surface area (Å²) in [6.07, 6.45) is 0. The summed E-state index contributed by atoms with van der Waals surface area (Å²) in [4.78, 5) is 0. The van der Waals surface area contributed by atoms with E-state index in [0.717, 1.165) is 15.8 Å². The van der Waals surface area contributed by atoms with Crippen LogP contribution in [0.3, 0.4) is 0 Å². The van der Waals surface area contributed by atoms with E-state index in [0.29, 0.717) is 16.6 Å². The molecule has 2 rings (SSSR count). The second-order valence-electron chi connectivity index (χ2n) is 4.30. The van der Waals surface area contributed by atoms with Gasteiger partial charge in [0.1, 0.15) is 11.6 Å². The summed E-state index contributed by atoms with van der Waals surface area (Å²) >= 11 is 6.76. The summed E-state index contributed by atoms with van der Waals surface area (Å²) in [5.74, 6) is 0.461. The van der Waals surface area contributed by atoms with Gasteiger partial charge >= 0.3 is 0 Å². The van der Waals surface area contributed by atoms with Crippen molar-refractivity contribution >= 4 is 31.9 Å². The highest BCUT2D eigenvalue weighted by Gasteiger charge is 2.14. The average molecular weight is 403 g/mol. The lowest BCUT2D eigenvalue weighted by atomic mass is 9.99. The summed E-state index contributed by atoms with van der Waals surface area (Å²) in [7, 11) is 0. The Balaban J connectivity index is 2.35. The monoisotopic (exact) mass is 401 g/mol. The van der Waals surface area contributed by atoms with Crippen LogP contribution in [0.2, 0.25) is 0 Å². The maximum Gasteiger partial charge on any atom is 0.124 e. The standard InChI is InChI=1S/C15H14Br2FNO/c1-2-20-12-3-4-13(14(17)8-12)15(19)9-5-10(16)7-11(18)6-9/h3-8,15H,2,19H2,1H3. The molecule has 2 aromatic rings. The SMILES string of the molecule is CCOc1ccc(C(N)c2cc(F)cc(Br)c2)c(Br)c1. The van der Waals surface area contributed by atoms with E-state index in [4.69, 9.17) is 10.5 Å². The van der Waals surface area contributed by atoms with Crippen LogP contribution in [-0.2, 0) is 0 Å². The Hall–Kier alpha value is -0.910. The van der Waals surface area contributed by atoms with Crippen LogP contribution in [0.5, 0.6) is 5.75 Å². The van der Waals surface area contributed by atoms with Gasteiger partial charge in [-0.15, -0.1) is 0 Å². The summed E-state index contributed by atoms with van der Waals surface area (Å²) < 4.78 is 20.4. The first-order chi connectivity index (χ1) is 9.51. The van der Waals surface area contributed by atoms with E-state index in [1.165, 1.54) is 12.1 Å². The number of hydrogen-bond donors (Lipinski definition) is 1. The third-order valence-electron chi connectivity index (χ3n) is 2.86. The zero-order chi connectivity index (χ0) is 14.7. The largest absolute Gasteiger partial charge is 0.494 e. The first kappa shape index (κ1) is 15.5. The van der Waals surface area contributed by atoms with Gasteiger partial charge in [0.2, 0.25) is 0 Å².